The van der Waals surface area contributed by atoms with Crippen LogP contribution >= 0.6 is 0 Å². The Morgan fingerprint density at radius 3 is 2.41 bits per heavy atom. The number of ether oxygens (including phenoxy) is 1. The van der Waals surface area contributed by atoms with Crippen molar-refractivity contribution in [1.29, 1.82) is 0 Å². The topological polar surface area (TPSA) is 29.5 Å². The Bertz CT molecular complexity index is 253. The highest BCUT2D eigenvalue weighted by atomic mass is 16.6. The summed E-state index contributed by atoms with van der Waals surface area (Å²) in [4.78, 5) is 13.9. The predicted octanol–water partition coefficient (Wildman–Crippen LogP) is 3.68. The lowest BCUT2D eigenvalue weighted by Crippen LogP contribution is -2.40. The largest absolute Gasteiger partial charge is 0.444 e. The van der Waals surface area contributed by atoms with Gasteiger partial charge in [-0.05, 0) is 51.9 Å². The maximum Gasteiger partial charge on any atom is 0.410 e. The van der Waals surface area contributed by atoms with Crippen LogP contribution in [0.1, 0.15) is 53.9 Å². The molecule has 1 rings (SSSR count). The van der Waals surface area contributed by atoms with E-state index in [0.29, 0.717) is 5.92 Å². The fraction of sp³-hybridized carbons (Fsp3) is 0.929. The van der Waals surface area contributed by atoms with Crippen molar-refractivity contribution in [3.63, 3.8) is 0 Å². The first-order chi connectivity index (χ1) is 7.83. The molecule has 1 amide bonds. The van der Waals surface area contributed by atoms with Crippen molar-refractivity contribution in [2.45, 2.75) is 59.5 Å². The van der Waals surface area contributed by atoms with Crippen molar-refractivity contribution >= 4 is 6.09 Å². The highest BCUT2D eigenvalue weighted by Crippen LogP contribution is 2.37. The minimum Gasteiger partial charge on any atom is -0.444 e. The number of carbonyl (C=O) groups excluding carboxylic acids is 1. The molecule has 1 fully saturated rings. The van der Waals surface area contributed by atoms with E-state index in [-0.39, 0.29) is 6.09 Å². The summed E-state index contributed by atoms with van der Waals surface area (Å²) >= 11 is 0. The van der Waals surface area contributed by atoms with Crippen LogP contribution in [0, 0.1) is 11.8 Å². The number of hydrogen-bond acceptors (Lipinski definition) is 2. The van der Waals surface area contributed by atoms with Crippen LogP contribution in [0.5, 0.6) is 0 Å². The molecule has 3 nitrogen and oxygen atoms in total. The van der Waals surface area contributed by atoms with E-state index >= 15 is 0 Å². The Balaban J connectivity index is 2.48. The number of amides is 1. The maximum absolute atomic E-state index is 12.0. The predicted molar refractivity (Wildman–Crippen MR) is 70.0 cm³/mol. The first kappa shape index (κ1) is 14.3. The third kappa shape index (κ3) is 5.42. The first-order valence-electron chi connectivity index (χ1n) is 6.81. The van der Waals surface area contributed by atoms with E-state index in [0.717, 1.165) is 25.4 Å². The Hall–Kier alpha value is -0.730. The van der Waals surface area contributed by atoms with E-state index in [2.05, 4.69) is 13.8 Å². The zero-order valence-corrected chi connectivity index (χ0v) is 12.0. The Morgan fingerprint density at radius 2 is 2.00 bits per heavy atom. The molecule has 0 bridgehead atoms. The third-order valence-corrected chi connectivity index (χ3v) is 3.08. The molecule has 1 atom stereocenters. The summed E-state index contributed by atoms with van der Waals surface area (Å²) in [5.41, 5.74) is -0.397. The van der Waals surface area contributed by atoms with Gasteiger partial charge in [-0.3, -0.25) is 0 Å². The summed E-state index contributed by atoms with van der Waals surface area (Å²) in [6, 6.07) is 0. The molecule has 1 aliphatic carbocycles. The van der Waals surface area contributed by atoms with Crippen molar-refractivity contribution in [2.24, 2.45) is 11.8 Å². The van der Waals surface area contributed by atoms with E-state index in [1.54, 1.807) is 0 Å². The summed E-state index contributed by atoms with van der Waals surface area (Å²) in [5, 5.41) is 0. The van der Waals surface area contributed by atoms with Crippen molar-refractivity contribution in [3.05, 3.63) is 0 Å². The number of rotatable bonds is 5. The van der Waals surface area contributed by atoms with Crippen LogP contribution in [0.25, 0.3) is 0 Å². The summed E-state index contributed by atoms with van der Waals surface area (Å²) in [6.07, 6.45) is 3.48. The van der Waals surface area contributed by atoms with E-state index in [4.69, 9.17) is 4.74 Å². The second-order valence-electron chi connectivity index (χ2n) is 6.24. The van der Waals surface area contributed by atoms with E-state index in [9.17, 15) is 4.79 Å². The minimum atomic E-state index is -0.397. The van der Waals surface area contributed by atoms with Crippen LogP contribution < -0.4 is 0 Å². The van der Waals surface area contributed by atoms with Crippen LogP contribution in [-0.2, 0) is 4.74 Å². The van der Waals surface area contributed by atoms with Crippen molar-refractivity contribution in [3.8, 4) is 0 Å². The standard InChI is InChI=1S/C14H27NO2/c1-6-9-15(10-11(2)12-7-8-12)13(16)17-14(3,4)5/h11-12H,6-10H2,1-5H3. The smallest absolute Gasteiger partial charge is 0.410 e. The quantitative estimate of drug-likeness (QED) is 0.735. The lowest BCUT2D eigenvalue weighted by atomic mass is 10.1. The lowest BCUT2D eigenvalue weighted by molar-refractivity contribution is 0.0219. The number of hydrogen-bond donors (Lipinski definition) is 0. The van der Waals surface area contributed by atoms with Gasteiger partial charge in [0, 0.05) is 13.1 Å². The van der Waals surface area contributed by atoms with Crippen LogP contribution in [0.4, 0.5) is 4.79 Å². The summed E-state index contributed by atoms with van der Waals surface area (Å²) < 4.78 is 5.44. The third-order valence-electron chi connectivity index (χ3n) is 3.08. The summed E-state index contributed by atoms with van der Waals surface area (Å²) in [6.45, 7) is 11.7. The Labute approximate surface area is 106 Å². The second kappa shape index (κ2) is 5.74. The van der Waals surface area contributed by atoms with Gasteiger partial charge in [-0.15, -0.1) is 0 Å². The molecule has 0 saturated heterocycles. The van der Waals surface area contributed by atoms with Gasteiger partial charge in [-0.1, -0.05) is 13.8 Å². The summed E-state index contributed by atoms with van der Waals surface area (Å²) in [5.74, 6) is 1.44. The molecule has 100 valence electrons. The van der Waals surface area contributed by atoms with Crippen LogP contribution in [0.3, 0.4) is 0 Å². The second-order valence-corrected chi connectivity index (χ2v) is 6.24. The van der Waals surface area contributed by atoms with Gasteiger partial charge in [0.2, 0.25) is 0 Å². The van der Waals surface area contributed by atoms with E-state index in [1.807, 2.05) is 25.7 Å². The molecule has 1 saturated carbocycles. The molecule has 0 aromatic rings. The lowest BCUT2D eigenvalue weighted by Gasteiger charge is -2.29. The van der Waals surface area contributed by atoms with Gasteiger partial charge >= 0.3 is 6.09 Å². The highest BCUT2D eigenvalue weighted by molar-refractivity contribution is 5.68. The fourth-order valence-electron chi connectivity index (χ4n) is 2.02. The zero-order chi connectivity index (χ0) is 13.1. The van der Waals surface area contributed by atoms with Gasteiger partial charge in [0.05, 0.1) is 0 Å². The maximum atomic E-state index is 12.0. The van der Waals surface area contributed by atoms with E-state index in [1.165, 1.54) is 12.8 Å². The van der Waals surface area contributed by atoms with Crippen molar-refractivity contribution < 1.29 is 9.53 Å². The van der Waals surface area contributed by atoms with Crippen molar-refractivity contribution in [2.75, 3.05) is 13.1 Å². The number of carbonyl (C=O) groups is 1. The average Bonchev–Trinajstić information content (AvgIpc) is 2.97. The molecule has 17 heavy (non-hydrogen) atoms. The molecule has 0 N–H and O–H groups in total. The molecule has 0 heterocycles. The van der Waals surface area contributed by atoms with Gasteiger partial charge in [0.1, 0.15) is 5.60 Å². The Kier molecular flexibility index (Phi) is 4.84. The normalized spacial score (nSPS) is 17.7. The van der Waals surface area contributed by atoms with Crippen LogP contribution in [0.2, 0.25) is 0 Å². The molecule has 3 heteroatoms. The molecule has 1 unspecified atom stereocenters. The molecule has 0 spiro atoms. The van der Waals surface area contributed by atoms with Crippen LogP contribution in [-0.4, -0.2) is 29.7 Å². The minimum absolute atomic E-state index is 0.160. The average molecular weight is 241 g/mol. The molecular formula is C14H27NO2. The monoisotopic (exact) mass is 241 g/mol. The molecule has 1 aliphatic rings. The first-order valence-corrected chi connectivity index (χ1v) is 6.81. The van der Waals surface area contributed by atoms with Gasteiger partial charge in [-0.2, -0.15) is 0 Å². The molecule has 0 radical (unpaired) electrons. The zero-order valence-electron chi connectivity index (χ0n) is 12.0. The summed E-state index contributed by atoms with van der Waals surface area (Å²) in [7, 11) is 0. The Morgan fingerprint density at radius 1 is 1.41 bits per heavy atom. The van der Waals surface area contributed by atoms with Crippen LogP contribution in [0.15, 0.2) is 0 Å². The van der Waals surface area contributed by atoms with Gasteiger partial charge in [-0.25, -0.2) is 4.79 Å². The van der Waals surface area contributed by atoms with Gasteiger partial charge < -0.3 is 9.64 Å². The highest BCUT2D eigenvalue weighted by Gasteiger charge is 2.31. The van der Waals surface area contributed by atoms with E-state index < -0.39 is 5.60 Å². The molecule has 0 aliphatic heterocycles. The number of nitrogens with zero attached hydrogens (tertiary/aromatic N) is 1. The van der Waals surface area contributed by atoms with Gasteiger partial charge in [0.15, 0.2) is 0 Å². The molecule has 0 aromatic heterocycles. The molecular weight excluding hydrogens is 214 g/mol. The molecule has 0 aromatic carbocycles. The SMILES string of the molecule is CCCN(CC(C)C1CC1)C(=O)OC(C)(C)C. The van der Waals surface area contributed by atoms with Crippen molar-refractivity contribution in [1.82, 2.24) is 4.90 Å². The fourth-order valence-corrected chi connectivity index (χ4v) is 2.02. The van der Waals surface area contributed by atoms with Gasteiger partial charge in [0.25, 0.3) is 0 Å².